The second-order valence-corrected chi connectivity index (χ2v) is 1.95. The first-order valence-corrected chi connectivity index (χ1v) is 3.38. The maximum atomic E-state index is 11.0. The predicted molar refractivity (Wildman–Crippen MR) is 47.7 cm³/mol. The molecule has 0 saturated carbocycles. The molecule has 0 aliphatic carbocycles. The summed E-state index contributed by atoms with van der Waals surface area (Å²) in [5, 5.41) is 8.86. The Balaban J connectivity index is 4.83. The van der Waals surface area contributed by atoms with Gasteiger partial charge in [-0.2, -0.15) is 0 Å². The van der Waals surface area contributed by atoms with Gasteiger partial charge in [0.05, 0.1) is 6.54 Å². The molecule has 0 aromatic rings. The van der Waals surface area contributed by atoms with E-state index in [9.17, 15) is 4.79 Å². The standard InChI is InChI=1S/C6H12N6O/c1-2-10-6(11-12-9)5(8)4(13)3-7/h2,10H,1,3,7-8H2,(H2,9,11)/b6-5+. The molecule has 0 spiro atoms. The molecule has 7 nitrogen and oxygen atoms in total. The van der Waals surface area contributed by atoms with Crippen molar-refractivity contribution in [3.05, 3.63) is 24.3 Å². The van der Waals surface area contributed by atoms with Gasteiger partial charge in [0, 0.05) is 0 Å². The lowest BCUT2D eigenvalue weighted by atomic mass is 10.3. The molecule has 0 rings (SSSR count). The Morgan fingerprint density at radius 3 is 2.62 bits per heavy atom. The molecule has 0 bridgehead atoms. The van der Waals surface area contributed by atoms with Crippen LogP contribution in [0.3, 0.4) is 0 Å². The Labute approximate surface area is 75.3 Å². The fourth-order valence-electron chi connectivity index (χ4n) is 0.557. The molecule has 72 valence electrons. The topological polar surface area (TPSA) is 132 Å². The first-order valence-electron chi connectivity index (χ1n) is 3.38. The van der Waals surface area contributed by atoms with E-state index in [-0.39, 0.29) is 18.1 Å². The van der Waals surface area contributed by atoms with Crippen LogP contribution in [-0.4, -0.2) is 12.3 Å². The van der Waals surface area contributed by atoms with Crippen molar-refractivity contribution >= 4 is 5.78 Å². The summed E-state index contributed by atoms with van der Waals surface area (Å²) in [6.07, 6.45) is 1.29. The van der Waals surface area contributed by atoms with E-state index in [4.69, 9.17) is 17.3 Å². The van der Waals surface area contributed by atoms with Crippen LogP contribution in [0.15, 0.2) is 34.6 Å². The van der Waals surface area contributed by atoms with Crippen molar-refractivity contribution in [2.75, 3.05) is 6.54 Å². The lowest BCUT2D eigenvalue weighted by Gasteiger charge is -2.03. The smallest absolute Gasteiger partial charge is 0.195 e. The molecular formula is C6H12N6O. The number of carbonyl (C=O) groups is 1. The van der Waals surface area contributed by atoms with Crippen LogP contribution < -0.4 is 22.6 Å². The number of Topliss-reactive ketones (excluding diaryl/α,β-unsaturated/α-hetero) is 1. The van der Waals surface area contributed by atoms with Crippen LogP contribution in [0.25, 0.3) is 0 Å². The van der Waals surface area contributed by atoms with Crippen molar-refractivity contribution in [1.29, 1.82) is 0 Å². The molecule has 0 aliphatic rings. The van der Waals surface area contributed by atoms with E-state index >= 15 is 0 Å². The van der Waals surface area contributed by atoms with Crippen LogP contribution >= 0.6 is 0 Å². The molecule has 0 atom stereocenters. The van der Waals surface area contributed by atoms with Gasteiger partial charge in [-0.1, -0.05) is 11.8 Å². The summed E-state index contributed by atoms with van der Waals surface area (Å²) >= 11 is 0. The van der Waals surface area contributed by atoms with Crippen LogP contribution in [0.4, 0.5) is 0 Å². The summed E-state index contributed by atoms with van der Waals surface area (Å²) in [7, 11) is 0. The highest BCUT2D eigenvalue weighted by molar-refractivity contribution is 5.96. The number of hydrogen-bond acceptors (Lipinski definition) is 6. The van der Waals surface area contributed by atoms with E-state index in [1.165, 1.54) is 6.20 Å². The number of hydrogen-bond donors (Lipinski definition) is 4. The highest BCUT2D eigenvalue weighted by Gasteiger charge is 2.08. The third-order valence-corrected chi connectivity index (χ3v) is 1.14. The molecule has 13 heavy (non-hydrogen) atoms. The minimum Gasteiger partial charge on any atom is -0.393 e. The number of nitrogens with two attached hydrogens (primary N) is 3. The molecule has 0 heterocycles. The average Bonchev–Trinajstić information content (AvgIpc) is 2.15. The fourth-order valence-corrected chi connectivity index (χ4v) is 0.557. The summed E-state index contributed by atoms with van der Waals surface area (Å²) < 4.78 is 0. The lowest BCUT2D eigenvalue weighted by Crippen LogP contribution is -2.25. The molecule has 7 heteroatoms. The highest BCUT2D eigenvalue weighted by Crippen LogP contribution is 1.97. The van der Waals surface area contributed by atoms with Gasteiger partial charge >= 0.3 is 0 Å². The highest BCUT2D eigenvalue weighted by atomic mass is 16.1. The van der Waals surface area contributed by atoms with Crippen molar-refractivity contribution in [2.45, 2.75) is 0 Å². The molecule has 0 aromatic heterocycles. The largest absolute Gasteiger partial charge is 0.393 e. The van der Waals surface area contributed by atoms with Gasteiger partial charge in [-0.3, -0.25) is 4.79 Å². The zero-order valence-electron chi connectivity index (χ0n) is 7.03. The zero-order valence-corrected chi connectivity index (χ0v) is 7.03. The van der Waals surface area contributed by atoms with Gasteiger partial charge in [0.1, 0.15) is 5.70 Å². The van der Waals surface area contributed by atoms with E-state index in [0.717, 1.165) is 0 Å². The Morgan fingerprint density at radius 1 is 1.62 bits per heavy atom. The van der Waals surface area contributed by atoms with Crippen molar-refractivity contribution in [2.24, 2.45) is 27.6 Å². The quantitative estimate of drug-likeness (QED) is 0.182. The van der Waals surface area contributed by atoms with Gasteiger partial charge in [0.2, 0.25) is 0 Å². The molecule has 7 N–H and O–H groups in total. The van der Waals surface area contributed by atoms with Crippen LogP contribution in [0.1, 0.15) is 0 Å². The Morgan fingerprint density at radius 2 is 2.23 bits per heavy atom. The zero-order chi connectivity index (χ0) is 10.3. The fraction of sp³-hybridized carbons (Fsp3) is 0.167. The van der Waals surface area contributed by atoms with Gasteiger partial charge in [-0.25, -0.2) is 0 Å². The number of nitrogens with one attached hydrogen (secondary N) is 1. The van der Waals surface area contributed by atoms with Gasteiger partial charge in [-0.15, -0.1) is 5.11 Å². The van der Waals surface area contributed by atoms with Crippen LogP contribution in [-0.2, 0) is 4.79 Å². The molecule has 0 saturated heterocycles. The molecule has 0 aliphatic heterocycles. The van der Waals surface area contributed by atoms with Gasteiger partial charge in [0.25, 0.3) is 0 Å². The molecule has 0 fully saturated rings. The number of rotatable bonds is 5. The summed E-state index contributed by atoms with van der Waals surface area (Å²) in [5.74, 6) is 4.38. The van der Waals surface area contributed by atoms with E-state index in [0.29, 0.717) is 0 Å². The second-order valence-electron chi connectivity index (χ2n) is 1.95. The monoisotopic (exact) mass is 184 g/mol. The van der Waals surface area contributed by atoms with E-state index in [1.54, 1.807) is 0 Å². The molecule has 0 radical (unpaired) electrons. The van der Waals surface area contributed by atoms with Crippen molar-refractivity contribution < 1.29 is 4.79 Å². The first-order chi connectivity index (χ1) is 6.17. The van der Waals surface area contributed by atoms with Crippen LogP contribution in [0.2, 0.25) is 0 Å². The molecule has 0 amide bonds. The minimum atomic E-state index is -0.447. The van der Waals surface area contributed by atoms with Gasteiger partial charge in [-0.05, 0) is 6.20 Å². The summed E-state index contributed by atoms with van der Waals surface area (Å²) in [4.78, 5) is 11.0. The maximum absolute atomic E-state index is 11.0. The van der Waals surface area contributed by atoms with E-state index < -0.39 is 5.78 Å². The second kappa shape index (κ2) is 5.72. The Kier molecular flexibility index (Phi) is 4.89. The summed E-state index contributed by atoms with van der Waals surface area (Å²) in [6.45, 7) is 3.16. The Bertz CT molecular complexity index is 256. The lowest BCUT2D eigenvalue weighted by molar-refractivity contribution is -0.114. The predicted octanol–water partition coefficient (Wildman–Crippen LogP) is -1.30. The SMILES string of the molecule is C=CN/C(N=NN)=C(\N)C(=O)CN. The average molecular weight is 184 g/mol. The molecular weight excluding hydrogens is 172 g/mol. The third kappa shape index (κ3) is 3.34. The van der Waals surface area contributed by atoms with E-state index in [1.807, 2.05) is 0 Å². The first kappa shape index (κ1) is 11.1. The number of carbonyl (C=O) groups excluding carboxylic acids is 1. The van der Waals surface area contributed by atoms with Crippen molar-refractivity contribution in [3.63, 3.8) is 0 Å². The summed E-state index contributed by atoms with van der Waals surface area (Å²) in [5.41, 5.74) is 10.3. The van der Waals surface area contributed by atoms with E-state index in [2.05, 4.69) is 22.2 Å². The van der Waals surface area contributed by atoms with Gasteiger partial charge < -0.3 is 22.6 Å². The number of ketones is 1. The number of nitrogens with zero attached hydrogens (tertiary/aromatic N) is 2. The Hall–Kier alpha value is -1.89. The van der Waals surface area contributed by atoms with Crippen LogP contribution in [0, 0.1) is 0 Å². The summed E-state index contributed by atoms with van der Waals surface area (Å²) in [6, 6.07) is 0. The van der Waals surface area contributed by atoms with Crippen LogP contribution in [0.5, 0.6) is 0 Å². The van der Waals surface area contributed by atoms with Crippen molar-refractivity contribution in [1.82, 2.24) is 5.32 Å². The maximum Gasteiger partial charge on any atom is 0.195 e. The molecule has 0 aromatic carbocycles. The molecule has 0 unspecified atom stereocenters. The van der Waals surface area contributed by atoms with Crippen molar-refractivity contribution in [3.8, 4) is 0 Å². The third-order valence-electron chi connectivity index (χ3n) is 1.14. The minimum absolute atomic E-state index is 0.0351. The normalized spacial score (nSPS) is 12.4. The van der Waals surface area contributed by atoms with Gasteiger partial charge in [0.15, 0.2) is 11.6 Å².